The fraction of sp³-hybridized carbons (Fsp3) is 0.148. The Kier molecular flexibility index (Phi) is 7.88. The van der Waals surface area contributed by atoms with Crippen LogP contribution < -0.4 is 15.8 Å². The fourth-order valence-corrected chi connectivity index (χ4v) is 3.60. The summed E-state index contributed by atoms with van der Waals surface area (Å²) in [5.74, 6) is -0.623. The number of hydrogen-bond acceptors (Lipinski definition) is 8. The van der Waals surface area contributed by atoms with Crippen molar-refractivity contribution in [2.45, 2.75) is 6.17 Å². The molecule has 10 nitrogen and oxygen atoms in total. The lowest BCUT2D eigenvalue weighted by molar-refractivity contribution is -0.117. The van der Waals surface area contributed by atoms with Gasteiger partial charge in [0.25, 0.3) is 11.9 Å². The van der Waals surface area contributed by atoms with E-state index in [1.54, 1.807) is 6.07 Å². The first-order valence-electron chi connectivity index (χ1n) is 11.3. The topological polar surface area (TPSA) is 155 Å². The number of ether oxygens (including phenoxy) is 3. The molecule has 0 saturated heterocycles. The van der Waals surface area contributed by atoms with Crippen molar-refractivity contribution in [3.63, 3.8) is 0 Å². The number of para-hydroxylation sites is 1. The predicted octanol–water partition coefficient (Wildman–Crippen LogP) is 3.06. The number of nitrogens with zero attached hydrogens (tertiary/aromatic N) is 3. The van der Waals surface area contributed by atoms with Gasteiger partial charge in [-0.1, -0.05) is 48.5 Å². The van der Waals surface area contributed by atoms with Gasteiger partial charge in [-0.25, -0.2) is 4.99 Å². The van der Waals surface area contributed by atoms with Crippen LogP contribution in [0.1, 0.15) is 22.3 Å². The van der Waals surface area contributed by atoms with Gasteiger partial charge in [-0.05, 0) is 24.3 Å². The van der Waals surface area contributed by atoms with Gasteiger partial charge < -0.3 is 25.3 Å². The number of methoxy groups -OCH3 is 1. The highest BCUT2D eigenvalue weighted by Crippen LogP contribution is 2.25. The minimum atomic E-state index is -1.26. The predicted molar refractivity (Wildman–Crippen MR) is 139 cm³/mol. The van der Waals surface area contributed by atoms with Crippen LogP contribution in [0.4, 0.5) is 5.69 Å². The fourth-order valence-electron chi connectivity index (χ4n) is 3.60. The third kappa shape index (κ3) is 5.98. The van der Waals surface area contributed by atoms with Crippen LogP contribution in [0.25, 0.3) is 0 Å². The zero-order valence-electron chi connectivity index (χ0n) is 20.0. The van der Waals surface area contributed by atoms with Crippen molar-refractivity contribution in [3.8, 4) is 11.8 Å². The highest BCUT2D eigenvalue weighted by molar-refractivity contribution is 6.19. The molecule has 0 aromatic heterocycles. The molecule has 1 aliphatic rings. The molecule has 0 bridgehead atoms. The lowest BCUT2D eigenvalue weighted by atomic mass is 10.0. The van der Waals surface area contributed by atoms with Crippen molar-refractivity contribution in [3.05, 3.63) is 95.1 Å². The highest BCUT2D eigenvalue weighted by Gasteiger charge is 2.26. The van der Waals surface area contributed by atoms with Crippen molar-refractivity contribution in [2.75, 3.05) is 25.6 Å². The van der Waals surface area contributed by atoms with Gasteiger partial charge in [0, 0.05) is 18.2 Å². The summed E-state index contributed by atoms with van der Waals surface area (Å²) < 4.78 is 16.1. The van der Waals surface area contributed by atoms with E-state index in [2.05, 4.69) is 15.3 Å². The van der Waals surface area contributed by atoms with Gasteiger partial charge in [0.2, 0.25) is 12.1 Å². The minimum absolute atomic E-state index is 0.203. The maximum absolute atomic E-state index is 13.0. The molecule has 0 unspecified atom stereocenters. The quantitative estimate of drug-likeness (QED) is 0.259. The van der Waals surface area contributed by atoms with Gasteiger partial charge in [-0.2, -0.15) is 10.3 Å². The van der Waals surface area contributed by atoms with Crippen LogP contribution in [0.3, 0.4) is 0 Å². The Labute approximate surface area is 213 Å². The molecule has 37 heavy (non-hydrogen) atoms. The van der Waals surface area contributed by atoms with Gasteiger partial charge in [-0.15, -0.1) is 0 Å². The van der Waals surface area contributed by atoms with E-state index in [1.165, 1.54) is 25.3 Å². The second kappa shape index (κ2) is 11.6. The molecule has 0 saturated carbocycles. The molecule has 1 aliphatic heterocycles. The zero-order chi connectivity index (χ0) is 26.2. The van der Waals surface area contributed by atoms with Crippen LogP contribution in [0.15, 0.2) is 82.8 Å². The Hall–Kier alpha value is -5.01. The molecule has 1 amide bonds. The molecule has 3 aromatic carbocycles. The number of nitrogens with one attached hydrogen (secondary N) is 2. The van der Waals surface area contributed by atoms with Crippen molar-refractivity contribution in [1.29, 1.82) is 10.7 Å². The second-order valence-electron chi connectivity index (χ2n) is 7.81. The van der Waals surface area contributed by atoms with Crippen LogP contribution in [0.2, 0.25) is 0 Å². The van der Waals surface area contributed by atoms with Gasteiger partial charge in [0.1, 0.15) is 12.4 Å². The van der Waals surface area contributed by atoms with E-state index in [-0.39, 0.29) is 23.8 Å². The third-order valence-electron chi connectivity index (χ3n) is 5.33. The van der Waals surface area contributed by atoms with Crippen LogP contribution in [-0.2, 0) is 14.3 Å². The van der Waals surface area contributed by atoms with E-state index in [1.807, 2.05) is 54.6 Å². The number of carbonyl (C=O) groups is 1. The maximum atomic E-state index is 13.0. The van der Waals surface area contributed by atoms with Gasteiger partial charge in [0.05, 0.1) is 35.2 Å². The minimum Gasteiger partial charge on any atom is -0.490 e. The standard InChI is InChI=1S/C27H24N6O4/c1-35-13-14-36-22-15-17(16-28)11-12-20(22)24(29)37-27(30)33-25-26(34)31-21-10-6-5-9-19(21)23(32-25)18-7-3-2-4-8-18/h2-12,15,25,29H,13-14H2,1H3,(H2,30,33)(H,31,34)/t25-/m1/s1. The number of nitriles is 1. The average molecular weight is 497 g/mol. The Morgan fingerprint density at radius 2 is 1.89 bits per heavy atom. The summed E-state index contributed by atoms with van der Waals surface area (Å²) in [6, 6.07) is 22.8. The highest BCUT2D eigenvalue weighted by atomic mass is 16.5. The summed E-state index contributed by atoms with van der Waals surface area (Å²) in [6.07, 6.45) is -1.26. The molecule has 4 rings (SSSR count). The summed E-state index contributed by atoms with van der Waals surface area (Å²) in [5, 5.41) is 20.4. The largest absolute Gasteiger partial charge is 0.490 e. The molecule has 0 fully saturated rings. The Bertz CT molecular complexity index is 1410. The van der Waals surface area contributed by atoms with Gasteiger partial charge in [-0.3, -0.25) is 10.2 Å². The van der Waals surface area contributed by atoms with Crippen molar-refractivity contribution in [1.82, 2.24) is 0 Å². The number of hydrogen-bond donors (Lipinski definition) is 3. The molecular formula is C27H24N6O4. The molecule has 10 heteroatoms. The van der Waals surface area contributed by atoms with Crippen LogP contribution >= 0.6 is 0 Å². The Morgan fingerprint density at radius 1 is 1.14 bits per heavy atom. The number of benzene rings is 3. The Morgan fingerprint density at radius 3 is 2.65 bits per heavy atom. The third-order valence-corrected chi connectivity index (χ3v) is 5.33. The first-order chi connectivity index (χ1) is 18.0. The molecule has 4 N–H and O–H groups in total. The first kappa shape index (κ1) is 25.1. The van der Waals surface area contributed by atoms with Crippen molar-refractivity contribution < 1.29 is 19.0 Å². The van der Waals surface area contributed by atoms with Crippen molar-refractivity contribution >= 4 is 29.2 Å². The molecular weight excluding hydrogens is 472 g/mol. The summed E-state index contributed by atoms with van der Waals surface area (Å²) >= 11 is 0. The number of aliphatic imine (C=N–C) groups is 2. The van der Waals surface area contributed by atoms with Gasteiger partial charge >= 0.3 is 0 Å². The number of carbonyl (C=O) groups excluding carboxylic acids is 1. The molecule has 0 radical (unpaired) electrons. The summed E-state index contributed by atoms with van der Waals surface area (Å²) in [4.78, 5) is 21.7. The average Bonchev–Trinajstić information content (AvgIpc) is 3.05. The number of amidine groups is 1. The van der Waals surface area contributed by atoms with E-state index < -0.39 is 18.1 Å². The van der Waals surface area contributed by atoms with Crippen LogP contribution in [-0.4, -0.2) is 50.0 Å². The van der Waals surface area contributed by atoms with E-state index >= 15 is 0 Å². The smallest absolute Gasteiger partial charge is 0.291 e. The normalized spacial score (nSPS) is 14.9. The van der Waals surface area contributed by atoms with Crippen LogP contribution in [0, 0.1) is 16.7 Å². The SMILES string of the molecule is COCCOc1cc(C#N)ccc1C(=N)OC(N)=N[C@H]1N=C(c2ccccc2)c2ccccc2NC1=O. The summed E-state index contributed by atoms with van der Waals surface area (Å²) in [7, 11) is 1.53. The van der Waals surface area contributed by atoms with E-state index in [9.17, 15) is 10.1 Å². The van der Waals surface area contributed by atoms with Gasteiger partial charge in [0.15, 0.2) is 0 Å². The number of rotatable bonds is 7. The lowest BCUT2D eigenvalue weighted by Crippen LogP contribution is -2.29. The number of nitrogens with two attached hydrogens (primary N) is 1. The zero-order valence-corrected chi connectivity index (χ0v) is 20.0. The molecule has 1 atom stereocenters. The molecule has 1 heterocycles. The monoisotopic (exact) mass is 496 g/mol. The van der Waals surface area contributed by atoms with E-state index in [0.717, 1.165) is 11.1 Å². The van der Waals surface area contributed by atoms with Crippen LogP contribution in [0.5, 0.6) is 5.75 Å². The molecule has 3 aromatic rings. The molecule has 0 aliphatic carbocycles. The summed E-state index contributed by atoms with van der Waals surface area (Å²) in [6.45, 7) is 0.518. The van der Waals surface area contributed by atoms with E-state index in [0.29, 0.717) is 23.6 Å². The number of amides is 1. The van der Waals surface area contributed by atoms with E-state index in [4.69, 9.17) is 25.4 Å². The first-order valence-corrected chi connectivity index (χ1v) is 11.3. The summed E-state index contributed by atoms with van der Waals surface area (Å²) in [5.41, 5.74) is 9.29. The number of fused-ring (bicyclic) bond motifs is 1. The number of benzodiazepines with no additional fused rings is 1. The maximum Gasteiger partial charge on any atom is 0.291 e. The lowest BCUT2D eigenvalue weighted by Gasteiger charge is -2.13. The number of anilines is 1. The molecule has 0 spiro atoms. The Balaban J connectivity index is 1.62. The van der Waals surface area contributed by atoms with Crippen molar-refractivity contribution in [2.24, 2.45) is 15.7 Å². The molecule has 186 valence electrons. The second-order valence-corrected chi connectivity index (χ2v) is 7.81.